The van der Waals surface area contributed by atoms with E-state index in [2.05, 4.69) is 17.0 Å². The van der Waals surface area contributed by atoms with Crippen molar-refractivity contribution in [3.63, 3.8) is 0 Å². The summed E-state index contributed by atoms with van der Waals surface area (Å²) in [6.07, 6.45) is 1.18. The van der Waals surface area contributed by atoms with Gasteiger partial charge in [0.2, 0.25) is 0 Å². The van der Waals surface area contributed by atoms with Gasteiger partial charge in [0, 0.05) is 19.5 Å². The molecule has 0 amide bonds. The maximum atomic E-state index is 6.03. The molecule has 0 radical (unpaired) electrons. The molecule has 1 atom stereocenters. The molecule has 2 N–H and O–H groups in total. The summed E-state index contributed by atoms with van der Waals surface area (Å²) in [4.78, 5) is 2.33. The smallest absolute Gasteiger partial charge is 0.0900 e. The summed E-state index contributed by atoms with van der Waals surface area (Å²) in [6, 6.07) is 0. The van der Waals surface area contributed by atoms with Crippen LogP contribution in [0, 0.1) is 6.92 Å². The second-order valence-electron chi connectivity index (χ2n) is 4.26. The van der Waals surface area contributed by atoms with Gasteiger partial charge in [-0.2, -0.15) is 5.10 Å². The van der Waals surface area contributed by atoms with Crippen LogP contribution in [0.1, 0.15) is 23.7 Å². The molecular weight excluding hydrogens is 176 g/mol. The lowest BCUT2D eigenvalue weighted by Gasteiger charge is -2.08. The lowest BCUT2D eigenvalue weighted by Crippen LogP contribution is -2.14. The average molecular weight is 194 g/mol. The van der Waals surface area contributed by atoms with Gasteiger partial charge in [0.1, 0.15) is 0 Å². The minimum Gasteiger partial charge on any atom is -0.396 e. The van der Waals surface area contributed by atoms with Crippen molar-refractivity contribution in [2.24, 2.45) is 7.05 Å². The van der Waals surface area contributed by atoms with E-state index in [0.717, 1.165) is 30.2 Å². The van der Waals surface area contributed by atoms with E-state index in [0.29, 0.717) is 5.92 Å². The van der Waals surface area contributed by atoms with Crippen molar-refractivity contribution in [1.82, 2.24) is 14.7 Å². The third-order valence-electron chi connectivity index (χ3n) is 3.19. The Morgan fingerprint density at radius 2 is 2.14 bits per heavy atom. The third-order valence-corrected chi connectivity index (χ3v) is 3.19. The summed E-state index contributed by atoms with van der Waals surface area (Å²) in [5.41, 5.74) is 9.08. The fourth-order valence-electron chi connectivity index (χ4n) is 2.11. The van der Waals surface area contributed by atoms with Crippen LogP contribution in [0.3, 0.4) is 0 Å². The first-order chi connectivity index (χ1) is 6.59. The standard InChI is InChI=1S/C10H18N4/c1-7-9(11)10(12-14(7)3)8-4-5-13(2)6-8/h8H,4-6,11H2,1-3H3. The van der Waals surface area contributed by atoms with Crippen LogP contribution in [0.2, 0.25) is 0 Å². The third kappa shape index (κ3) is 1.39. The SMILES string of the molecule is Cc1c(N)c(C2CCN(C)C2)nn1C. The van der Waals surface area contributed by atoms with E-state index in [4.69, 9.17) is 5.73 Å². The summed E-state index contributed by atoms with van der Waals surface area (Å²) in [7, 11) is 4.10. The van der Waals surface area contributed by atoms with E-state index < -0.39 is 0 Å². The Labute approximate surface area is 84.7 Å². The monoisotopic (exact) mass is 194 g/mol. The van der Waals surface area contributed by atoms with Crippen LogP contribution in [0.5, 0.6) is 0 Å². The maximum Gasteiger partial charge on any atom is 0.0900 e. The molecular formula is C10H18N4. The summed E-state index contributed by atoms with van der Waals surface area (Å²) >= 11 is 0. The highest BCUT2D eigenvalue weighted by Crippen LogP contribution is 2.30. The summed E-state index contributed by atoms with van der Waals surface area (Å²) in [5.74, 6) is 0.528. The second-order valence-corrected chi connectivity index (χ2v) is 4.26. The normalized spacial score (nSPS) is 23.2. The number of nitrogens with two attached hydrogens (primary N) is 1. The van der Waals surface area contributed by atoms with E-state index >= 15 is 0 Å². The van der Waals surface area contributed by atoms with Gasteiger partial charge in [-0.1, -0.05) is 0 Å². The fourth-order valence-corrected chi connectivity index (χ4v) is 2.11. The van der Waals surface area contributed by atoms with Crippen LogP contribution in [0.4, 0.5) is 5.69 Å². The largest absolute Gasteiger partial charge is 0.396 e. The molecule has 0 bridgehead atoms. The van der Waals surface area contributed by atoms with Gasteiger partial charge >= 0.3 is 0 Å². The molecule has 2 rings (SSSR count). The summed E-state index contributed by atoms with van der Waals surface area (Å²) in [5, 5.41) is 4.49. The molecule has 2 heterocycles. The molecule has 1 fully saturated rings. The molecule has 1 aliphatic heterocycles. The molecule has 4 heteroatoms. The van der Waals surface area contributed by atoms with Crippen LogP contribution in [0.15, 0.2) is 0 Å². The van der Waals surface area contributed by atoms with Crippen molar-refractivity contribution in [1.29, 1.82) is 0 Å². The zero-order chi connectivity index (χ0) is 10.3. The quantitative estimate of drug-likeness (QED) is 0.717. The van der Waals surface area contributed by atoms with Crippen LogP contribution in [0.25, 0.3) is 0 Å². The van der Waals surface area contributed by atoms with Crippen molar-refractivity contribution >= 4 is 5.69 Å². The highest BCUT2D eigenvalue weighted by molar-refractivity contribution is 5.49. The van der Waals surface area contributed by atoms with Crippen molar-refractivity contribution in [2.45, 2.75) is 19.3 Å². The van der Waals surface area contributed by atoms with Crippen molar-refractivity contribution in [3.05, 3.63) is 11.4 Å². The van der Waals surface area contributed by atoms with Crippen molar-refractivity contribution < 1.29 is 0 Å². The molecule has 1 aromatic heterocycles. The topological polar surface area (TPSA) is 47.1 Å². The number of hydrogen-bond acceptors (Lipinski definition) is 3. The number of aromatic nitrogens is 2. The van der Waals surface area contributed by atoms with Crippen LogP contribution in [-0.4, -0.2) is 34.8 Å². The second kappa shape index (κ2) is 3.28. The maximum absolute atomic E-state index is 6.03. The minimum atomic E-state index is 0.528. The van der Waals surface area contributed by atoms with E-state index in [1.807, 2.05) is 18.7 Å². The fraction of sp³-hybridized carbons (Fsp3) is 0.700. The molecule has 14 heavy (non-hydrogen) atoms. The van der Waals surface area contributed by atoms with E-state index in [9.17, 15) is 0 Å². The van der Waals surface area contributed by atoms with Crippen LogP contribution in [-0.2, 0) is 7.05 Å². The first-order valence-corrected chi connectivity index (χ1v) is 5.07. The van der Waals surface area contributed by atoms with Crippen molar-refractivity contribution in [3.8, 4) is 0 Å². The lowest BCUT2D eigenvalue weighted by molar-refractivity contribution is 0.410. The Balaban J connectivity index is 2.28. The zero-order valence-corrected chi connectivity index (χ0v) is 9.12. The Bertz CT molecular complexity index is 342. The number of rotatable bonds is 1. The van der Waals surface area contributed by atoms with Gasteiger partial charge < -0.3 is 10.6 Å². The predicted octanol–water partition coefficient (Wildman–Crippen LogP) is 0.730. The Hall–Kier alpha value is -1.03. The molecule has 0 aromatic carbocycles. The number of hydrogen-bond donors (Lipinski definition) is 1. The number of aryl methyl sites for hydroxylation is 1. The molecule has 0 spiro atoms. The Morgan fingerprint density at radius 3 is 2.57 bits per heavy atom. The Morgan fingerprint density at radius 1 is 1.43 bits per heavy atom. The lowest BCUT2D eigenvalue weighted by atomic mass is 10.0. The van der Waals surface area contributed by atoms with Gasteiger partial charge in [-0.25, -0.2) is 0 Å². The Kier molecular flexibility index (Phi) is 2.23. The van der Waals surface area contributed by atoms with E-state index in [-0.39, 0.29) is 0 Å². The first-order valence-electron chi connectivity index (χ1n) is 5.07. The number of anilines is 1. The number of likely N-dealkylation sites (N-methyl/N-ethyl adjacent to an activating group) is 1. The van der Waals surface area contributed by atoms with Crippen molar-refractivity contribution in [2.75, 3.05) is 25.9 Å². The highest BCUT2D eigenvalue weighted by Gasteiger charge is 2.26. The highest BCUT2D eigenvalue weighted by atomic mass is 15.3. The van der Waals surface area contributed by atoms with E-state index in [1.165, 1.54) is 6.42 Å². The summed E-state index contributed by atoms with van der Waals surface area (Å²) < 4.78 is 1.88. The predicted molar refractivity (Wildman–Crippen MR) is 57.2 cm³/mol. The number of nitrogen functional groups attached to an aromatic ring is 1. The molecule has 78 valence electrons. The summed E-state index contributed by atoms with van der Waals surface area (Å²) in [6.45, 7) is 4.25. The van der Waals surface area contributed by atoms with Gasteiger partial charge in [-0.05, 0) is 26.9 Å². The van der Waals surface area contributed by atoms with Crippen LogP contribution >= 0.6 is 0 Å². The van der Waals surface area contributed by atoms with Gasteiger partial charge in [0.05, 0.1) is 17.1 Å². The van der Waals surface area contributed by atoms with Gasteiger partial charge in [-0.3, -0.25) is 4.68 Å². The molecule has 0 aliphatic carbocycles. The average Bonchev–Trinajstić information content (AvgIpc) is 2.66. The van der Waals surface area contributed by atoms with Crippen LogP contribution < -0.4 is 5.73 Å². The van der Waals surface area contributed by atoms with Gasteiger partial charge in [0.25, 0.3) is 0 Å². The van der Waals surface area contributed by atoms with E-state index in [1.54, 1.807) is 0 Å². The molecule has 1 saturated heterocycles. The zero-order valence-electron chi connectivity index (χ0n) is 9.12. The number of nitrogens with zero attached hydrogens (tertiary/aromatic N) is 3. The molecule has 1 aromatic rings. The van der Waals surface area contributed by atoms with Gasteiger partial charge in [0.15, 0.2) is 0 Å². The molecule has 1 unspecified atom stereocenters. The first kappa shape index (κ1) is 9.52. The molecule has 0 saturated carbocycles. The minimum absolute atomic E-state index is 0.528. The molecule has 1 aliphatic rings. The van der Waals surface area contributed by atoms with Gasteiger partial charge in [-0.15, -0.1) is 0 Å². The molecule has 4 nitrogen and oxygen atoms in total. The number of likely N-dealkylation sites (tertiary alicyclic amines) is 1.